The fraction of sp³-hybridized carbons (Fsp3) is 1.00. The van der Waals surface area contributed by atoms with E-state index in [1.807, 2.05) is 0 Å². The van der Waals surface area contributed by atoms with Gasteiger partial charge in [0.2, 0.25) is 0 Å². The molecule has 0 N–H and O–H groups in total. The van der Waals surface area contributed by atoms with Crippen molar-refractivity contribution in [1.29, 1.82) is 0 Å². The third-order valence-corrected chi connectivity index (χ3v) is 14.3. The van der Waals surface area contributed by atoms with E-state index in [9.17, 15) is 0 Å². The van der Waals surface area contributed by atoms with Gasteiger partial charge in [0, 0.05) is 0 Å². The Morgan fingerprint density at radius 2 is 1.33 bits per heavy atom. The summed E-state index contributed by atoms with van der Waals surface area (Å²) in [7, 11) is 4.52. The van der Waals surface area contributed by atoms with Gasteiger partial charge < -0.3 is 0 Å². The van der Waals surface area contributed by atoms with E-state index in [0.29, 0.717) is 0 Å². The molecule has 0 unspecified atom stereocenters. The fourth-order valence-electron chi connectivity index (χ4n) is 2.50. The van der Waals surface area contributed by atoms with Crippen molar-refractivity contribution in [1.82, 2.24) is 9.80 Å². The van der Waals surface area contributed by atoms with E-state index >= 15 is 0 Å². The maximum atomic E-state index is 2.50. The van der Waals surface area contributed by atoms with Crippen LogP contribution in [0, 0.1) is 0 Å². The number of hydrogen-bond acceptors (Lipinski definition) is 2. The molecule has 2 nitrogen and oxygen atoms in total. The Morgan fingerprint density at radius 1 is 0.778 bits per heavy atom. The van der Waals surface area contributed by atoms with E-state index in [0.717, 1.165) is 0 Å². The van der Waals surface area contributed by atoms with Crippen LogP contribution < -0.4 is 0 Å². The van der Waals surface area contributed by atoms with Crippen LogP contribution in [0.15, 0.2) is 0 Å². The zero-order chi connectivity index (χ0) is 13.8. The number of hydrogen-bond donors (Lipinski definition) is 0. The molecule has 0 aliphatic heterocycles. The molecule has 0 saturated heterocycles. The summed E-state index contributed by atoms with van der Waals surface area (Å²) < 4.78 is 4.82. The van der Waals surface area contributed by atoms with Crippen LogP contribution in [0.25, 0.3) is 0 Å². The molecule has 0 aliphatic rings. The van der Waals surface area contributed by atoms with Gasteiger partial charge in [0.25, 0.3) is 0 Å². The molecule has 0 radical (unpaired) electrons. The van der Waals surface area contributed by atoms with E-state index < -0.39 is 21.4 Å². The van der Waals surface area contributed by atoms with Gasteiger partial charge in [-0.3, -0.25) is 0 Å². The minimum atomic E-state index is -1.11. The quantitative estimate of drug-likeness (QED) is 0.526. The predicted octanol–water partition coefficient (Wildman–Crippen LogP) is 3.57. The molecule has 0 aliphatic carbocycles. The van der Waals surface area contributed by atoms with Gasteiger partial charge in [-0.05, 0) is 0 Å². The summed E-state index contributed by atoms with van der Waals surface area (Å²) in [4.78, 5) is 4.96. The first-order valence-electron chi connectivity index (χ1n) is 8.01. The van der Waals surface area contributed by atoms with Crippen LogP contribution in [-0.2, 0) is 0 Å². The first-order valence-corrected chi connectivity index (χ1v) is 15.0. The average molecular weight is 358 g/mol. The second kappa shape index (κ2) is 12.8. The van der Waals surface area contributed by atoms with Crippen molar-refractivity contribution in [2.75, 3.05) is 40.3 Å². The Labute approximate surface area is 124 Å². The zero-order valence-corrected chi connectivity index (χ0v) is 16.8. The van der Waals surface area contributed by atoms with Gasteiger partial charge in [0.05, 0.1) is 0 Å². The monoisotopic (exact) mass is 358 g/mol. The molecule has 0 bridgehead atoms. The Bertz CT molecular complexity index is 176. The van der Waals surface area contributed by atoms with Crippen molar-refractivity contribution in [2.24, 2.45) is 0 Å². The fourth-order valence-corrected chi connectivity index (χ4v) is 10.00. The van der Waals surface area contributed by atoms with Gasteiger partial charge >= 0.3 is 124 Å². The second-order valence-corrected chi connectivity index (χ2v) is 16.3. The van der Waals surface area contributed by atoms with E-state index in [2.05, 4.69) is 44.7 Å². The molecule has 0 aromatic rings. The Morgan fingerprint density at radius 3 is 1.78 bits per heavy atom. The summed E-state index contributed by atoms with van der Waals surface area (Å²) in [6, 6.07) is 0. The van der Waals surface area contributed by atoms with E-state index in [1.165, 1.54) is 45.4 Å². The third-order valence-electron chi connectivity index (χ3n) is 4.03. The molecule has 0 aromatic heterocycles. The van der Waals surface area contributed by atoms with Crippen molar-refractivity contribution in [3.05, 3.63) is 0 Å². The molecule has 108 valence electrons. The number of nitrogens with zero attached hydrogens (tertiary/aromatic N) is 2. The molecule has 0 amide bonds. The summed E-state index contributed by atoms with van der Waals surface area (Å²) in [5.41, 5.74) is 0. The molecule has 0 saturated carbocycles. The van der Waals surface area contributed by atoms with Crippen LogP contribution >= 0.6 is 0 Å². The Hall–Kier alpha value is 0.790. The Balaban J connectivity index is 3.57. The van der Waals surface area contributed by atoms with Crippen LogP contribution in [-0.4, -0.2) is 71.5 Å². The van der Waals surface area contributed by atoms with Crippen molar-refractivity contribution < 1.29 is 0 Å². The third kappa shape index (κ3) is 10.7. The molecule has 0 aromatic carbocycles. The molecule has 0 fully saturated rings. The maximum absolute atomic E-state index is 2.50. The van der Waals surface area contributed by atoms with Crippen LogP contribution in [0.1, 0.15) is 40.0 Å². The zero-order valence-electron chi connectivity index (χ0n) is 13.5. The van der Waals surface area contributed by atoms with Crippen LogP contribution in [0.5, 0.6) is 0 Å². The van der Waals surface area contributed by atoms with Gasteiger partial charge in [-0.2, -0.15) is 0 Å². The number of rotatable bonds is 12. The van der Waals surface area contributed by atoms with Gasteiger partial charge in [-0.1, -0.05) is 0 Å². The van der Waals surface area contributed by atoms with Crippen molar-refractivity contribution >= 4 is 21.4 Å². The normalized spacial score (nSPS) is 11.5. The molecule has 0 rings (SSSR count). The molecule has 0 atom stereocenters. The summed E-state index contributed by atoms with van der Waals surface area (Å²) in [6.45, 7) is 12.1. The first-order chi connectivity index (χ1) is 8.63. The molecular weight excluding hydrogens is 323 g/mol. The molecule has 0 heterocycles. The molecule has 3 heteroatoms. The molecular formula is C15H35InN2. The van der Waals surface area contributed by atoms with Crippen molar-refractivity contribution in [3.8, 4) is 0 Å². The van der Waals surface area contributed by atoms with Crippen molar-refractivity contribution in [3.63, 3.8) is 0 Å². The van der Waals surface area contributed by atoms with Crippen molar-refractivity contribution in [2.45, 2.75) is 52.6 Å². The SMILES string of the molecule is CCCN(C)CC[CH2][In]([CH2]C)[CH2]CCN(C)CC. The van der Waals surface area contributed by atoms with Gasteiger partial charge in [0.1, 0.15) is 0 Å². The van der Waals surface area contributed by atoms with E-state index in [1.54, 1.807) is 12.5 Å². The summed E-state index contributed by atoms with van der Waals surface area (Å²) in [6.07, 6.45) is 4.22. The summed E-state index contributed by atoms with van der Waals surface area (Å²) >= 11 is -1.11. The molecule has 0 spiro atoms. The second-order valence-electron chi connectivity index (χ2n) is 5.76. The first kappa shape index (κ1) is 18.8. The van der Waals surface area contributed by atoms with Crippen LogP contribution in [0.4, 0.5) is 0 Å². The summed E-state index contributed by atoms with van der Waals surface area (Å²) in [5.74, 6) is 0. The van der Waals surface area contributed by atoms with Crippen LogP contribution in [0.2, 0.25) is 12.5 Å². The Kier molecular flexibility index (Phi) is 13.4. The van der Waals surface area contributed by atoms with Gasteiger partial charge in [-0.15, -0.1) is 0 Å². The van der Waals surface area contributed by atoms with Gasteiger partial charge in [0.15, 0.2) is 0 Å². The van der Waals surface area contributed by atoms with Crippen LogP contribution in [0.3, 0.4) is 0 Å². The predicted molar refractivity (Wildman–Crippen MR) is 86.0 cm³/mol. The van der Waals surface area contributed by atoms with Gasteiger partial charge in [-0.25, -0.2) is 0 Å². The minimum absolute atomic E-state index is 1.11. The van der Waals surface area contributed by atoms with E-state index in [4.69, 9.17) is 0 Å². The topological polar surface area (TPSA) is 6.48 Å². The average Bonchev–Trinajstić information content (AvgIpc) is 2.36. The summed E-state index contributed by atoms with van der Waals surface area (Å²) in [5, 5.41) is 0. The van der Waals surface area contributed by atoms with E-state index in [-0.39, 0.29) is 0 Å². The molecule has 18 heavy (non-hydrogen) atoms. The standard InChI is InChI=1S/C7H16N.C6H14N.C2H5.In/c1-4-6-8(3)7-5-2;1-4-6-7(3)5-2;1-2;/h1,4-7H2,2-3H3;1,4-6H2,2-3H3;1H2,2H3;.